The van der Waals surface area contributed by atoms with Crippen LogP contribution in [0, 0.1) is 0 Å². The number of rotatable bonds is 7. The quantitative estimate of drug-likeness (QED) is 0.372. The van der Waals surface area contributed by atoms with Crippen LogP contribution in [0.1, 0.15) is 0 Å². The predicted molar refractivity (Wildman–Crippen MR) is 119 cm³/mol. The van der Waals surface area contributed by atoms with Crippen molar-refractivity contribution >= 4 is 39.8 Å². The molecular formula is C24H17N3O6. The number of carbonyl (C=O) groups excluding carboxylic acids is 2. The van der Waals surface area contributed by atoms with Gasteiger partial charge in [-0.25, -0.2) is 4.79 Å². The molecule has 9 heteroatoms. The number of anilines is 1. The van der Waals surface area contributed by atoms with Gasteiger partial charge in [0.15, 0.2) is 13.2 Å². The third-order valence-corrected chi connectivity index (χ3v) is 4.76. The van der Waals surface area contributed by atoms with Gasteiger partial charge >= 0.3 is 12.0 Å². The number of benzene rings is 3. The predicted octanol–water partition coefficient (Wildman–Crippen LogP) is 4.20. The van der Waals surface area contributed by atoms with Crippen LogP contribution in [0.3, 0.4) is 0 Å². The highest BCUT2D eigenvalue weighted by atomic mass is 16.6. The molecule has 5 aromatic rings. The number of ether oxygens (including phenoxy) is 2. The Morgan fingerprint density at radius 1 is 0.818 bits per heavy atom. The maximum absolute atomic E-state index is 12.0. The van der Waals surface area contributed by atoms with Crippen LogP contribution < -0.4 is 10.1 Å². The van der Waals surface area contributed by atoms with E-state index in [1.807, 2.05) is 42.5 Å². The molecule has 3 aromatic carbocycles. The number of nitrogens with zero attached hydrogens (tertiary/aromatic N) is 2. The van der Waals surface area contributed by atoms with E-state index < -0.39 is 18.5 Å². The smallest absolute Gasteiger partial charge is 0.344 e. The summed E-state index contributed by atoms with van der Waals surface area (Å²) in [5.74, 6) is -0.566. The van der Waals surface area contributed by atoms with E-state index in [2.05, 4.69) is 15.5 Å². The number of aromatic nitrogens is 2. The maximum atomic E-state index is 12.0. The lowest BCUT2D eigenvalue weighted by molar-refractivity contribution is -0.149. The van der Waals surface area contributed by atoms with Crippen LogP contribution in [-0.2, 0) is 14.3 Å². The van der Waals surface area contributed by atoms with Gasteiger partial charge in [0.05, 0.1) is 0 Å². The Labute approximate surface area is 186 Å². The molecule has 2 heterocycles. The summed E-state index contributed by atoms with van der Waals surface area (Å²) in [5.41, 5.74) is 2.21. The lowest BCUT2D eigenvalue weighted by Gasteiger charge is -2.06. The Morgan fingerprint density at radius 3 is 2.48 bits per heavy atom. The average molecular weight is 443 g/mol. The first-order valence-electron chi connectivity index (χ1n) is 10.0. The molecule has 0 unspecified atom stereocenters. The van der Waals surface area contributed by atoms with Gasteiger partial charge in [0.1, 0.15) is 16.9 Å². The minimum atomic E-state index is -0.696. The van der Waals surface area contributed by atoms with Crippen molar-refractivity contribution in [1.82, 2.24) is 10.2 Å². The van der Waals surface area contributed by atoms with Crippen LogP contribution in [0.4, 0.5) is 6.01 Å². The van der Waals surface area contributed by atoms with Crippen LogP contribution >= 0.6 is 0 Å². The molecule has 1 N–H and O–H groups in total. The van der Waals surface area contributed by atoms with E-state index >= 15 is 0 Å². The van der Waals surface area contributed by atoms with E-state index in [4.69, 9.17) is 18.3 Å². The highest BCUT2D eigenvalue weighted by Crippen LogP contribution is 2.31. The topological polar surface area (TPSA) is 117 Å². The summed E-state index contributed by atoms with van der Waals surface area (Å²) in [6.45, 7) is -0.871. The van der Waals surface area contributed by atoms with Crippen molar-refractivity contribution in [3.8, 4) is 17.2 Å². The average Bonchev–Trinajstić information content (AvgIpc) is 3.46. The largest absolute Gasteiger partial charge is 0.482 e. The van der Waals surface area contributed by atoms with E-state index in [-0.39, 0.29) is 18.5 Å². The SMILES string of the molecule is O=C(COC(=O)COc1ccc2oc3ccccc3c2c1)Nc1nnc(-c2ccccc2)o1. The normalized spacial score (nSPS) is 10.9. The van der Waals surface area contributed by atoms with Gasteiger partial charge in [-0.2, -0.15) is 0 Å². The van der Waals surface area contributed by atoms with Crippen molar-refractivity contribution in [2.24, 2.45) is 0 Å². The van der Waals surface area contributed by atoms with E-state index in [0.29, 0.717) is 5.75 Å². The van der Waals surface area contributed by atoms with Gasteiger partial charge in [0.25, 0.3) is 5.91 Å². The van der Waals surface area contributed by atoms with Crippen LogP contribution in [0.15, 0.2) is 81.6 Å². The number of esters is 1. The Morgan fingerprint density at radius 2 is 1.61 bits per heavy atom. The zero-order chi connectivity index (χ0) is 22.6. The number of furan rings is 1. The van der Waals surface area contributed by atoms with Gasteiger partial charge in [0.2, 0.25) is 5.89 Å². The van der Waals surface area contributed by atoms with Gasteiger partial charge in [-0.15, -0.1) is 5.10 Å². The fourth-order valence-corrected chi connectivity index (χ4v) is 3.25. The molecule has 2 aromatic heterocycles. The third-order valence-electron chi connectivity index (χ3n) is 4.76. The minimum Gasteiger partial charge on any atom is -0.482 e. The first-order valence-corrected chi connectivity index (χ1v) is 10.0. The van der Waals surface area contributed by atoms with Crippen molar-refractivity contribution in [2.45, 2.75) is 0 Å². The van der Waals surface area contributed by atoms with Crippen LogP contribution in [0.2, 0.25) is 0 Å². The maximum Gasteiger partial charge on any atom is 0.344 e. The number of para-hydroxylation sites is 1. The van der Waals surface area contributed by atoms with E-state index in [1.54, 1.807) is 30.3 Å². The highest BCUT2D eigenvalue weighted by molar-refractivity contribution is 6.05. The molecule has 0 bridgehead atoms. The standard InChI is InChI=1S/C24H17N3O6/c28-21(25-24-27-26-23(33-24)15-6-2-1-3-7-15)13-31-22(29)14-30-16-10-11-20-18(12-16)17-8-4-5-9-19(17)32-20/h1-12H,13-14H2,(H,25,27,28). The molecule has 0 radical (unpaired) electrons. The van der Waals surface area contributed by atoms with Crippen molar-refractivity contribution in [3.63, 3.8) is 0 Å². The van der Waals surface area contributed by atoms with Crippen molar-refractivity contribution in [3.05, 3.63) is 72.8 Å². The molecule has 0 spiro atoms. The summed E-state index contributed by atoms with van der Waals surface area (Å²) < 4.78 is 21.6. The van der Waals surface area contributed by atoms with Gasteiger partial charge in [-0.1, -0.05) is 41.5 Å². The Kier molecular flexibility index (Phi) is 5.42. The molecule has 9 nitrogen and oxygen atoms in total. The first kappa shape index (κ1) is 20.3. The van der Waals surface area contributed by atoms with Crippen molar-refractivity contribution < 1.29 is 27.9 Å². The molecule has 0 atom stereocenters. The molecule has 0 fully saturated rings. The minimum absolute atomic E-state index is 0.0909. The van der Waals surface area contributed by atoms with E-state index in [9.17, 15) is 9.59 Å². The zero-order valence-corrected chi connectivity index (χ0v) is 17.2. The second-order valence-electron chi connectivity index (χ2n) is 7.03. The molecule has 1 amide bonds. The van der Waals surface area contributed by atoms with E-state index in [1.165, 1.54) is 0 Å². The molecule has 0 aliphatic carbocycles. The van der Waals surface area contributed by atoms with Crippen LogP contribution in [0.5, 0.6) is 5.75 Å². The molecular weight excluding hydrogens is 426 g/mol. The summed E-state index contributed by atoms with van der Waals surface area (Å²) in [5, 5.41) is 11.8. The van der Waals surface area contributed by atoms with Gasteiger partial charge in [-0.05, 0) is 36.4 Å². The summed E-state index contributed by atoms with van der Waals surface area (Å²) >= 11 is 0. The number of fused-ring (bicyclic) bond motifs is 3. The number of nitrogens with one attached hydrogen (secondary N) is 1. The second kappa shape index (κ2) is 8.83. The first-order chi connectivity index (χ1) is 16.2. The molecule has 0 aliphatic heterocycles. The molecule has 33 heavy (non-hydrogen) atoms. The van der Waals surface area contributed by atoms with Crippen molar-refractivity contribution in [2.75, 3.05) is 18.5 Å². The highest BCUT2D eigenvalue weighted by Gasteiger charge is 2.14. The lowest BCUT2D eigenvalue weighted by Crippen LogP contribution is -2.23. The fraction of sp³-hybridized carbons (Fsp3) is 0.0833. The van der Waals surface area contributed by atoms with Crippen LogP contribution in [-0.4, -0.2) is 35.3 Å². The Bertz CT molecular complexity index is 1440. The van der Waals surface area contributed by atoms with Crippen LogP contribution in [0.25, 0.3) is 33.4 Å². The monoisotopic (exact) mass is 443 g/mol. The molecule has 0 aliphatic rings. The Balaban J connectivity index is 1.12. The zero-order valence-electron chi connectivity index (χ0n) is 17.2. The van der Waals surface area contributed by atoms with Crippen molar-refractivity contribution in [1.29, 1.82) is 0 Å². The number of amides is 1. The van der Waals surface area contributed by atoms with E-state index in [0.717, 1.165) is 27.5 Å². The molecule has 0 saturated heterocycles. The second-order valence-corrected chi connectivity index (χ2v) is 7.03. The Hall–Kier alpha value is -4.66. The summed E-state index contributed by atoms with van der Waals surface area (Å²) in [4.78, 5) is 24.0. The third kappa shape index (κ3) is 4.52. The molecule has 164 valence electrons. The lowest BCUT2D eigenvalue weighted by atomic mass is 10.1. The van der Waals surface area contributed by atoms with Gasteiger partial charge in [-0.3, -0.25) is 10.1 Å². The molecule has 0 saturated carbocycles. The summed E-state index contributed by atoms with van der Waals surface area (Å²) in [7, 11) is 0. The number of hydrogen-bond acceptors (Lipinski definition) is 8. The number of hydrogen-bond donors (Lipinski definition) is 1. The fourth-order valence-electron chi connectivity index (χ4n) is 3.25. The summed E-state index contributed by atoms with van der Waals surface area (Å²) in [6.07, 6.45) is 0. The van der Waals surface area contributed by atoms with Gasteiger partial charge < -0.3 is 18.3 Å². The summed E-state index contributed by atoms with van der Waals surface area (Å²) in [6, 6.07) is 21.9. The molecule has 5 rings (SSSR count). The van der Waals surface area contributed by atoms with Gasteiger partial charge in [0, 0.05) is 16.3 Å². The number of carbonyl (C=O) groups is 2.